The molecule has 1 aromatic rings. The zero-order chi connectivity index (χ0) is 17.2. The van der Waals surface area contributed by atoms with Crippen molar-refractivity contribution in [1.29, 1.82) is 0 Å². The van der Waals surface area contributed by atoms with Gasteiger partial charge in [0.1, 0.15) is 17.5 Å². The van der Waals surface area contributed by atoms with E-state index < -0.39 is 18.0 Å². The molecule has 1 rings (SSSR count). The molecule has 23 heavy (non-hydrogen) atoms. The first kappa shape index (κ1) is 19.0. The molecule has 1 atom stereocenters. The molecule has 0 saturated carbocycles. The molecule has 128 valence electrons. The quantitative estimate of drug-likeness (QED) is 0.704. The summed E-state index contributed by atoms with van der Waals surface area (Å²) in [5, 5.41) is 5.26. The van der Waals surface area contributed by atoms with Crippen LogP contribution >= 0.6 is 11.8 Å². The van der Waals surface area contributed by atoms with Gasteiger partial charge in [-0.1, -0.05) is 0 Å². The number of anilines is 1. The molecule has 0 saturated heterocycles. The fourth-order valence-electron chi connectivity index (χ4n) is 1.86. The zero-order valence-corrected chi connectivity index (χ0v) is 14.5. The predicted octanol–water partition coefficient (Wildman–Crippen LogP) is 2.12. The Morgan fingerprint density at radius 1 is 1.22 bits per heavy atom. The number of hydrogen-bond donors (Lipinski definition) is 2. The van der Waals surface area contributed by atoms with Gasteiger partial charge in [0, 0.05) is 6.07 Å². The number of carbonyl (C=O) groups excluding carboxylic acids is 2. The second-order valence-electron chi connectivity index (χ2n) is 4.52. The van der Waals surface area contributed by atoms with Crippen LogP contribution in [0.3, 0.4) is 0 Å². The topological polar surface area (TPSA) is 85.9 Å². The maximum Gasteiger partial charge on any atom is 0.328 e. The van der Waals surface area contributed by atoms with E-state index in [9.17, 15) is 9.59 Å². The average molecular weight is 342 g/mol. The Labute approximate surface area is 140 Å². The van der Waals surface area contributed by atoms with Gasteiger partial charge in [-0.3, -0.25) is 0 Å². The molecule has 0 radical (unpaired) electrons. The van der Waals surface area contributed by atoms with Gasteiger partial charge in [-0.2, -0.15) is 11.8 Å². The fourth-order valence-corrected chi connectivity index (χ4v) is 2.33. The third-order valence-corrected chi connectivity index (χ3v) is 3.70. The molecule has 0 fully saturated rings. The standard InChI is InChI=1S/C15H22N2O5S/c1-20-10-5-6-13(21-2)12(9-10)17-15(19)16-11(7-8-23-4)14(18)22-3/h5-6,9,11H,7-8H2,1-4H3,(H2,16,17,19). The van der Waals surface area contributed by atoms with Crippen LogP contribution in [0.4, 0.5) is 10.5 Å². The lowest BCUT2D eigenvalue weighted by Gasteiger charge is -2.17. The molecular weight excluding hydrogens is 320 g/mol. The number of thioether (sulfide) groups is 1. The largest absolute Gasteiger partial charge is 0.497 e. The molecule has 0 spiro atoms. The van der Waals surface area contributed by atoms with Crippen LogP contribution in [0.25, 0.3) is 0 Å². The Hall–Kier alpha value is -2.09. The lowest BCUT2D eigenvalue weighted by Crippen LogP contribution is -2.44. The number of ether oxygens (including phenoxy) is 3. The molecule has 1 aromatic carbocycles. The van der Waals surface area contributed by atoms with Crippen molar-refractivity contribution in [2.24, 2.45) is 0 Å². The second kappa shape index (κ2) is 9.83. The summed E-state index contributed by atoms with van der Waals surface area (Å²) < 4.78 is 15.0. The van der Waals surface area contributed by atoms with Crippen LogP contribution in [-0.2, 0) is 9.53 Å². The molecule has 0 bridgehead atoms. The van der Waals surface area contributed by atoms with Crippen molar-refractivity contribution in [3.05, 3.63) is 18.2 Å². The van der Waals surface area contributed by atoms with E-state index in [4.69, 9.17) is 14.2 Å². The third kappa shape index (κ3) is 5.90. The number of nitrogens with one attached hydrogen (secondary N) is 2. The maximum absolute atomic E-state index is 12.1. The first-order valence-electron chi connectivity index (χ1n) is 6.92. The van der Waals surface area contributed by atoms with E-state index in [1.54, 1.807) is 30.0 Å². The van der Waals surface area contributed by atoms with Crippen LogP contribution in [0.15, 0.2) is 18.2 Å². The molecule has 0 aliphatic heterocycles. The molecule has 7 nitrogen and oxygen atoms in total. The molecule has 1 unspecified atom stereocenters. The fraction of sp³-hybridized carbons (Fsp3) is 0.467. The van der Waals surface area contributed by atoms with Crippen LogP contribution in [-0.4, -0.2) is 51.4 Å². The zero-order valence-electron chi connectivity index (χ0n) is 13.7. The summed E-state index contributed by atoms with van der Waals surface area (Å²) in [5.41, 5.74) is 0.442. The smallest absolute Gasteiger partial charge is 0.328 e. The van der Waals surface area contributed by atoms with Crippen LogP contribution in [0.1, 0.15) is 6.42 Å². The first-order valence-corrected chi connectivity index (χ1v) is 8.31. The van der Waals surface area contributed by atoms with E-state index >= 15 is 0 Å². The van der Waals surface area contributed by atoms with E-state index in [-0.39, 0.29) is 0 Å². The first-order chi connectivity index (χ1) is 11.0. The summed E-state index contributed by atoms with van der Waals surface area (Å²) in [4.78, 5) is 23.9. The highest BCUT2D eigenvalue weighted by molar-refractivity contribution is 7.98. The Morgan fingerprint density at radius 2 is 1.96 bits per heavy atom. The Kier molecular flexibility index (Phi) is 8.10. The molecular formula is C15H22N2O5S. The van der Waals surface area contributed by atoms with Gasteiger partial charge in [-0.05, 0) is 30.6 Å². The molecule has 2 N–H and O–H groups in total. The minimum Gasteiger partial charge on any atom is -0.497 e. The van der Waals surface area contributed by atoms with Gasteiger partial charge in [-0.25, -0.2) is 9.59 Å². The van der Waals surface area contributed by atoms with Crippen molar-refractivity contribution in [2.45, 2.75) is 12.5 Å². The monoisotopic (exact) mass is 342 g/mol. The Bertz CT molecular complexity index is 539. The lowest BCUT2D eigenvalue weighted by atomic mass is 10.2. The number of methoxy groups -OCH3 is 3. The van der Waals surface area contributed by atoms with Crippen LogP contribution in [0, 0.1) is 0 Å². The number of amides is 2. The van der Waals surface area contributed by atoms with Crippen molar-refractivity contribution < 1.29 is 23.8 Å². The number of rotatable bonds is 8. The minimum atomic E-state index is -0.705. The summed E-state index contributed by atoms with van der Waals surface area (Å²) in [6.07, 6.45) is 2.41. The predicted molar refractivity (Wildman–Crippen MR) is 90.5 cm³/mol. The van der Waals surface area contributed by atoms with Crippen LogP contribution < -0.4 is 20.1 Å². The van der Waals surface area contributed by atoms with Gasteiger partial charge in [0.15, 0.2) is 0 Å². The van der Waals surface area contributed by atoms with E-state index in [0.717, 1.165) is 5.75 Å². The highest BCUT2D eigenvalue weighted by Crippen LogP contribution is 2.28. The summed E-state index contributed by atoms with van der Waals surface area (Å²) in [6.45, 7) is 0. The number of esters is 1. The number of benzene rings is 1. The summed E-state index contributed by atoms with van der Waals surface area (Å²) in [6, 6.07) is 3.81. The summed E-state index contributed by atoms with van der Waals surface area (Å²) in [5.74, 6) is 1.31. The van der Waals surface area contributed by atoms with E-state index in [2.05, 4.69) is 10.6 Å². The van der Waals surface area contributed by atoms with Crippen molar-refractivity contribution in [3.8, 4) is 11.5 Å². The Balaban J connectivity index is 2.79. The minimum absolute atomic E-state index is 0.442. The Morgan fingerprint density at radius 3 is 2.52 bits per heavy atom. The van der Waals surface area contributed by atoms with E-state index in [1.807, 2.05) is 6.26 Å². The molecule has 0 aromatic heterocycles. The maximum atomic E-state index is 12.1. The van der Waals surface area contributed by atoms with Crippen LogP contribution in [0.5, 0.6) is 11.5 Å². The number of hydrogen-bond acceptors (Lipinski definition) is 6. The van der Waals surface area contributed by atoms with E-state index in [1.165, 1.54) is 21.3 Å². The number of carbonyl (C=O) groups is 2. The lowest BCUT2D eigenvalue weighted by molar-refractivity contribution is -0.142. The third-order valence-electron chi connectivity index (χ3n) is 3.06. The highest BCUT2D eigenvalue weighted by atomic mass is 32.2. The van der Waals surface area contributed by atoms with Gasteiger partial charge in [-0.15, -0.1) is 0 Å². The van der Waals surface area contributed by atoms with Gasteiger partial charge < -0.3 is 24.8 Å². The van der Waals surface area contributed by atoms with Crippen molar-refractivity contribution in [3.63, 3.8) is 0 Å². The molecule has 8 heteroatoms. The molecule has 0 heterocycles. The molecule has 0 aliphatic rings. The van der Waals surface area contributed by atoms with Gasteiger partial charge in [0.25, 0.3) is 0 Å². The van der Waals surface area contributed by atoms with Gasteiger partial charge >= 0.3 is 12.0 Å². The summed E-state index contributed by atoms with van der Waals surface area (Å²) in [7, 11) is 4.32. The normalized spacial score (nSPS) is 11.3. The van der Waals surface area contributed by atoms with Crippen LogP contribution in [0.2, 0.25) is 0 Å². The van der Waals surface area contributed by atoms with Crippen molar-refractivity contribution in [1.82, 2.24) is 5.32 Å². The highest BCUT2D eigenvalue weighted by Gasteiger charge is 2.21. The van der Waals surface area contributed by atoms with Crippen molar-refractivity contribution >= 4 is 29.4 Å². The SMILES string of the molecule is COC(=O)C(CCSC)NC(=O)Nc1cc(OC)ccc1OC. The summed E-state index contributed by atoms with van der Waals surface area (Å²) >= 11 is 1.58. The van der Waals surface area contributed by atoms with Gasteiger partial charge in [0.05, 0.1) is 27.0 Å². The number of urea groups is 1. The average Bonchev–Trinajstić information content (AvgIpc) is 2.57. The molecule has 2 amide bonds. The molecule has 0 aliphatic carbocycles. The van der Waals surface area contributed by atoms with E-state index in [0.29, 0.717) is 23.6 Å². The van der Waals surface area contributed by atoms with Crippen molar-refractivity contribution in [2.75, 3.05) is 38.7 Å². The second-order valence-corrected chi connectivity index (χ2v) is 5.51. The van der Waals surface area contributed by atoms with Gasteiger partial charge in [0.2, 0.25) is 0 Å².